The van der Waals surface area contributed by atoms with Crippen LogP contribution in [0.15, 0.2) is 33.7 Å². The molecule has 3 N–H and O–H groups in total. The van der Waals surface area contributed by atoms with Gasteiger partial charge in [-0.05, 0) is 38.5 Å². The summed E-state index contributed by atoms with van der Waals surface area (Å²) >= 11 is 0. The first-order valence-electron chi connectivity index (χ1n) is 8.86. The monoisotopic (exact) mass is 373 g/mol. The highest BCUT2D eigenvalue weighted by Gasteiger charge is 2.07. The molecular weight excluding hydrogens is 346 g/mol. The van der Waals surface area contributed by atoms with Crippen LogP contribution < -0.4 is 20.7 Å². The number of amides is 1. The van der Waals surface area contributed by atoms with Crippen molar-refractivity contribution in [1.82, 2.24) is 20.9 Å². The smallest absolute Gasteiger partial charge is 0.242 e. The number of rotatable bonds is 8. The van der Waals surface area contributed by atoms with Gasteiger partial charge in [0.25, 0.3) is 0 Å². The number of oxazole rings is 1. The van der Waals surface area contributed by atoms with Crippen molar-refractivity contribution < 1.29 is 13.9 Å². The molecule has 1 aromatic carbocycles. The number of aryl methyl sites for hydroxylation is 2. The van der Waals surface area contributed by atoms with Crippen molar-refractivity contribution in [2.75, 3.05) is 20.2 Å². The van der Waals surface area contributed by atoms with Crippen LogP contribution in [0.2, 0.25) is 0 Å². The van der Waals surface area contributed by atoms with Crippen LogP contribution in [0.25, 0.3) is 0 Å². The quantitative estimate of drug-likeness (QED) is 0.481. The summed E-state index contributed by atoms with van der Waals surface area (Å²) in [5.74, 6) is 2.54. The van der Waals surface area contributed by atoms with Crippen molar-refractivity contribution in [3.05, 3.63) is 47.2 Å². The van der Waals surface area contributed by atoms with Gasteiger partial charge in [0.1, 0.15) is 18.1 Å². The number of ether oxygens (including phenoxy) is 1. The Bertz CT molecular complexity index is 749. The molecule has 2 rings (SSSR count). The molecule has 146 valence electrons. The second-order valence-corrected chi connectivity index (χ2v) is 5.92. The molecule has 1 aromatic heterocycles. The fourth-order valence-electron chi connectivity index (χ4n) is 2.27. The number of benzene rings is 1. The topological polar surface area (TPSA) is 101 Å². The van der Waals surface area contributed by atoms with Gasteiger partial charge in [0.15, 0.2) is 5.96 Å². The van der Waals surface area contributed by atoms with Crippen molar-refractivity contribution in [2.24, 2.45) is 4.99 Å². The third kappa shape index (κ3) is 6.65. The molecule has 2 aromatic rings. The van der Waals surface area contributed by atoms with Gasteiger partial charge < -0.3 is 25.1 Å². The Morgan fingerprint density at radius 3 is 2.48 bits per heavy atom. The van der Waals surface area contributed by atoms with Crippen LogP contribution in [0, 0.1) is 13.8 Å². The van der Waals surface area contributed by atoms with Gasteiger partial charge in [-0.25, -0.2) is 9.98 Å². The fraction of sp³-hybridized carbons (Fsp3) is 0.421. The Hall–Kier alpha value is -3.03. The summed E-state index contributed by atoms with van der Waals surface area (Å²) in [5, 5.41) is 9.04. The highest BCUT2D eigenvalue weighted by Crippen LogP contribution is 2.11. The summed E-state index contributed by atoms with van der Waals surface area (Å²) in [6.45, 7) is 7.27. The first kappa shape index (κ1) is 20.3. The molecule has 0 saturated carbocycles. The van der Waals surface area contributed by atoms with E-state index in [-0.39, 0.29) is 12.5 Å². The molecule has 27 heavy (non-hydrogen) atoms. The van der Waals surface area contributed by atoms with E-state index >= 15 is 0 Å². The summed E-state index contributed by atoms with van der Waals surface area (Å²) in [6, 6.07) is 7.54. The van der Waals surface area contributed by atoms with Crippen LogP contribution in [-0.2, 0) is 17.9 Å². The van der Waals surface area contributed by atoms with Gasteiger partial charge in [0, 0.05) is 13.1 Å². The summed E-state index contributed by atoms with van der Waals surface area (Å²) in [7, 11) is 1.62. The van der Waals surface area contributed by atoms with Crippen LogP contribution in [0.4, 0.5) is 0 Å². The summed E-state index contributed by atoms with van der Waals surface area (Å²) in [6.07, 6.45) is 0. The Labute approximate surface area is 159 Å². The average molecular weight is 373 g/mol. The van der Waals surface area contributed by atoms with Crippen molar-refractivity contribution >= 4 is 11.9 Å². The van der Waals surface area contributed by atoms with Crippen LogP contribution in [0.5, 0.6) is 5.75 Å². The molecule has 0 aliphatic heterocycles. The van der Waals surface area contributed by atoms with Gasteiger partial charge in [-0.2, -0.15) is 0 Å². The van der Waals surface area contributed by atoms with Crippen molar-refractivity contribution in [2.45, 2.75) is 33.9 Å². The lowest BCUT2D eigenvalue weighted by Crippen LogP contribution is -2.38. The summed E-state index contributed by atoms with van der Waals surface area (Å²) in [4.78, 5) is 20.6. The van der Waals surface area contributed by atoms with Crippen molar-refractivity contribution in [3.8, 4) is 5.75 Å². The number of aliphatic imine (C=N–C) groups is 1. The predicted molar refractivity (Wildman–Crippen MR) is 104 cm³/mol. The Morgan fingerprint density at radius 1 is 1.15 bits per heavy atom. The minimum Gasteiger partial charge on any atom is -0.497 e. The highest BCUT2D eigenvalue weighted by atomic mass is 16.5. The van der Waals surface area contributed by atoms with E-state index in [9.17, 15) is 4.79 Å². The first-order valence-corrected chi connectivity index (χ1v) is 8.86. The predicted octanol–water partition coefficient (Wildman–Crippen LogP) is 1.67. The zero-order valence-corrected chi connectivity index (χ0v) is 16.3. The number of carbonyl (C=O) groups excluding carboxylic acids is 1. The maximum atomic E-state index is 12.0. The molecule has 8 nitrogen and oxygen atoms in total. The Kier molecular flexibility index (Phi) is 7.66. The van der Waals surface area contributed by atoms with E-state index in [1.165, 1.54) is 0 Å². The molecule has 0 bridgehead atoms. The van der Waals surface area contributed by atoms with E-state index in [1.807, 2.05) is 45.0 Å². The van der Waals surface area contributed by atoms with Crippen molar-refractivity contribution in [3.63, 3.8) is 0 Å². The standard InChI is InChI=1S/C19H27N5O3/c1-5-20-19(23-12-18-24-13(2)14(3)27-18)22-11-17(25)21-10-15-6-8-16(26-4)9-7-15/h6-9H,5,10-12H2,1-4H3,(H,21,25)(H2,20,22,23). The molecule has 1 heterocycles. The molecule has 0 saturated heterocycles. The second-order valence-electron chi connectivity index (χ2n) is 5.92. The fourth-order valence-corrected chi connectivity index (χ4v) is 2.27. The third-order valence-electron chi connectivity index (χ3n) is 3.85. The van der Waals surface area contributed by atoms with Crippen molar-refractivity contribution in [1.29, 1.82) is 0 Å². The molecule has 0 aliphatic carbocycles. The van der Waals surface area contributed by atoms with E-state index < -0.39 is 0 Å². The maximum absolute atomic E-state index is 12.0. The lowest BCUT2D eigenvalue weighted by molar-refractivity contribution is -0.119. The number of carbonyl (C=O) groups is 1. The van der Waals surface area contributed by atoms with Crippen LogP contribution >= 0.6 is 0 Å². The third-order valence-corrected chi connectivity index (χ3v) is 3.85. The number of hydrogen-bond donors (Lipinski definition) is 3. The van der Waals surface area contributed by atoms with Crippen LogP contribution in [-0.4, -0.2) is 37.1 Å². The van der Waals surface area contributed by atoms with E-state index in [1.54, 1.807) is 7.11 Å². The number of hydrogen-bond acceptors (Lipinski definition) is 5. The molecule has 0 radical (unpaired) electrons. The van der Waals surface area contributed by atoms with Gasteiger partial charge in [0.05, 0.1) is 19.3 Å². The molecule has 0 aliphatic rings. The molecular formula is C19H27N5O3. The molecule has 0 fully saturated rings. The number of nitrogens with one attached hydrogen (secondary N) is 3. The molecule has 1 amide bonds. The highest BCUT2D eigenvalue weighted by molar-refractivity contribution is 5.84. The first-order chi connectivity index (χ1) is 13.0. The van der Waals surface area contributed by atoms with Gasteiger partial charge in [-0.3, -0.25) is 4.79 Å². The SMILES string of the molecule is CCNC(=NCC(=O)NCc1ccc(OC)cc1)NCc1nc(C)c(C)o1. The number of nitrogens with zero attached hydrogens (tertiary/aromatic N) is 2. The molecule has 0 spiro atoms. The molecule has 0 unspecified atom stereocenters. The summed E-state index contributed by atoms with van der Waals surface area (Å²) in [5.41, 5.74) is 1.86. The lowest BCUT2D eigenvalue weighted by atomic mass is 10.2. The number of guanidine groups is 1. The minimum atomic E-state index is -0.161. The van der Waals surface area contributed by atoms with Gasteiger partial charge >= 0.3 is 0 Å². The largest absolute Gasteiger partial charge is 0.497 e. The normalized spacial score (nSPS) is 11.2. The zero-order valence-electron chi connectivity index (χ0n) is 16.3. The van der Waals surface area contributed by atoms with Gasteiger partial charge in [0.2, 0.25) is 11.8 Å². The van der Waals surface area contributed by atoms with E-state index in [4.69, 9.17) is 9.15 Å². The minimum absolute atomic E-state index is 0.0229. The van der Waals surface area contributed by atoms with Crippen LogP contribution in [0.1, 0.15) is 29.8 Å². The number of methoxy groups -OCH3 is 1. The molecule has 0 atom stereocenters. The lowest BCUT2D eigenvalue weighted by Gasteiger charge is -2.10. The Balaban J connectivity index is 1.82. The average Bonchev–Trinajstić information content (AvgIpc) is 3.00. The van der Waals surface area contributed by atoms with E-state index in [2.05, 4.69) is 25.9 Å². The van der Waals surface area contributed by atoms with Crippen LogP contribution in [0.3, 0.4) is 0 Å². The van der Waals surface area contributed by atoms with Gasteiger partial charge in [-0.1, -0.05) is 12.1 Å². The zero-order chi connectivity index (χ0) is 19.6. The van der Waals surface area contributed by atoms with E-state index in [0.717, 1.165) is 22.8 Å². The van der Waals surface area contributed by atoms with E-state index in [0.29, 0.717) is 31.5 Å². The van der Waals surface area contributed by atoms with Gasteiger partial charge in [-0.15, -0.1) is 0 Å². The number of aromatic nitrogens is 1. The maximum Gasteiger partial charge on any atom is 0.242 e. The summed E-state index contributed by atoms with van der Waals surface area (Å²) < 4.78 is 10.6. The molecule has 8 heteroatoms. The second kappa shape index (κ2) is 10.2. The Morgan fingerprint density at radius 2 is 1.89 bits per heavy atom.